The first kappa shape index (κ1) is 25.2. The molecule has 0 radical (unpaired) electrons. The summed E-state index contributed by atoms with van der Waals surface area (Å²) in [4.78, 5) is 15.1. The van der Waals surface area contributed by atoms with Crippen LogP contribution in [0.5, 0.6) is 0 Å². The number of piperidine rings is 1. The lowest BCUT2D eigenvalue weighted by Crippen LogP contribution is -2.74. The number of carbonyl (C=O) groups is 1. The van der Waals surface area contributed by atoms with Crippen LogP contribution in [0.1, 0.15) is 61.0 Å². The number of hydrogen-bond donors (Lipinski definition) is 2. The largest absolute Gasteiger partial charge is 0.416 e. The molecule has 2 aromatic rings. The highest BCUT2D eigenvalue weighted by Crippen LogP contribution is 2.44. The van der Waals surface area contributed by atoms with Crippen LogP contribution in [0.4, 0.5) is 13.2 Å². The molecule has 0 aromatic heterocycles. The molecule has 2 aromatic carbocycles. The van der Waals surface area contributed by atoms with E-state index < -0.39 is 23.4 Å². The van der Waals surface area contributed by atoms with Gasteiger partial charge in [-0.3, -0.25) is 9.69 Å². The number of rotatable bonds is 8. The minimum Gasteiger partial charge on any atom is -0.372 e. The number of fused-ring (bicyclic) bond motifs is 2. The van der Waals surface area contributed by atoms with Gasteiger partial charge in [0.25, 0.3) is 0 Å². The zero-order valence-corrected chi connectivity index (χ0v) is 20.8. The fourth-order valence-electron chi connectivity index (χ4n) is 5.73. The normalized spacial score (nSPS) is 29.0. The lowest BCUT2D eigenvalue weighted by Gasteiger charge is -2.57. The highest BCUT2D eigenvalue weighted by molar-refractivity contribution is 5.80. The molecule has 2 aliphatic heterocycles. The Hall–Kier alpha value is -2.42. The number of aryl methyl sites for hydroxylation is 1. The summed E-state index contributed by atoms with van der Waals surface area (Å²) in [7, 11) is 0. The van der Waals surface area contributed by atoms with E-state index in [2.05, 4.69) is 27.7 Å². The zero-order valence-electron chi connectivity index (χ0n) is 20.8. The van der Waals surface area contributed by atoms with Crippen molar-refractivity contribution in [3.63, 3.8) is 0 Å². The summed E-state index contributed by atoms with van der Waals surface area (Å²) in [6.45, 7) is 5.45. The molecular formula is C28H34F3N3O2. The van der Waals surface area contributed by atoms with Crippen LogP contribution in [0.15, 0.2) is 48.5 Å². The smallest absolute Gasteiger partial charge is 0.372 e. The topological polar surface area (TPSA) is 53.6 Å². The van der Waals surface area contributed by atoms with Gasteiger partial charge >= 0.3 is 6.18 Å². The molecule has 2 saturated heterocycles. The zero-order chi connectivity index (χ0) is 25.6. The average Bonchev–Trinajstić information content (AvgIpc) is 3.67. The summed E-state index contributed by atoms with van der Waals surface area (Å²) >= 11 is 0. The molecule has 8 heteroatoms. The lowest BCUT2D eigenvalue weighted by atomic mass is 9.73. The SMILES string of the molecule is Cc1cc([C@@H](C)OC[C@@]2(c3ccccc3)CC[C@]3(CNC4CC4)CN2CC(=O)N3)cc(C(F)(F)F)c1. The van der Waals surface area contributed by atoms with Crippen molar-refractivity contribution in [2.45, 2.75) is 68.9 Å². The predicted molar refractivity (Wildman–Crippen MR) is 131 cm³/mol. The molecule has 3 aliphatic rings. The third-order valence-corrected chi connectivity index (χ3v) is 7.94. The van der Waals surface area contributed by atoms with Gasteiger partial charge in [0.1, 0.15) is 0 Å². The predicted octanol–water partition coefficient (Wildman–Crippen LogP) is 4.70. The molecular weight excluding hydrogens is 467 g/mol. The van der Waals surface area contributed by atoms with Gasteiger partial charge < -0.3 is 15.4 Å². The molecule has 4 atom stereocenters. The van der Waals surface area contributed by atoms with Crippen molar-refractivity contribution >= 4 is 5.91 Å². The van der Waals surface area contributed by atoms with Crippen LogP contribution in [0.2, 0.25) is 0 Å². The third kappa shape index (κ3) is 5.17. The summed E-state index contributed by atoms with van der Waals surface area (Å²) in [6, 6.07) is 14.7. The van der Waals surface area contributed by atoms with Gasteiger partial charge in [0.2, 0.25) is 5.91 Å². The van der Waals surface area contributed by atoms with E-state index in [4.69, 9.17) is 4.74 Å². The molecule has 0 spiro atoms. The van der Waals surface area contributed by atoms with Gasteiger partial charge in [-0.15, -0.1) is 0 Å². The van der Waals surface area contributed by atoms with Crippen molar-refractivity contribution in [3.8, 4) is 0 Å². The fraction of sp³-hybridized carbons (Fsp3) is 0.536. The van der Waals surface area contributed by atoms with Gasteiger partial charge in [-0.2, -0.15) is 13.2 Å². The van der Waals surface area contributed by atoms with Crippen LogP contribution in [0.3, 0.4) is 0 Å². The second-order valence-corrected chi connectivity index (χ2v) is 10.8. The van der Waals surface area contributed by atoms with Gasteiger partial charge in [-0.05, 0) is 62.8 Å². The first-order valence-corrected chi connectivity index (χ1v) is 12.7. The molecule has 194 valence electrons. The molecule has 1 unspecified atom stereocenters. The number of amides is 1. The molecule has 2 bridgehead atoms. The number of benzene rings is 2. The van der Waals surface area contributed by atoms with E-state index in [0.29, 0.717) is 23.7 Å². The Labute approximate surface area is 210 Å². The number of nitrogens with zero attached hydrogens (tertiary/aromatic N) is 1. The van der Waals surface area contributed by atoms with Crippen LogP contribution >= 0.6 is 0 Å². The quantitative estimate of drug-likeness (QED) is 0.551. The van der Waals surface area contributed by atoms with Crippen LogP contribution in [0.25, 0.3) is 0 Å². The molecule has 1 amide bonds. The fourth-order valence-corrected chi connectivity index (χ4v) is 5.73. The molecule has 2 N–H and O–H groups in total. The van der Waals surface area contributed by atoms with Gasteiger partial charge in [0.05, 0.1) is 35.9 Å². The molecule has 2 heterocycles. The van der Waals surface area contributed by atoms with Crippen molar-refractivity contribution in [1.82, 2.24) is 15.5 Å². The molecule has 1 aliphatic carbocycles. The van der Waals surface area contributed by atoms with E-state index >= 15 is 0 Å². The molecule has 5 nitrogen and oxygen atoms in total. The number of hydrogen-bond acceptors (Lipinski definition) is 4. The second kappa shape index (κ2) is 9.47. The van der Waals surface area contributed by atoms with Crippen LogP contribution in [-0.4, -0.2) is 48.6 Å². The van der Waals surface area contributed by atoms with Gasteiger partial charge in [0, 0.05) is 19.1 Å². The summed E-state index contributed by atoms with van der Waals surface area (Å²) in [5, 5.41) is 6.85. The first-order valence-electron chi connectivity index (χ1n) is 12.7. The van der Waals surface area contributed by atoms with Crippen molar-refractivity contribution in [2.75, 3.05) is 26.2 Å². The Kier molecular flexibility index (Phi) is 6.64. The lowest BCUT2D eigenvalue weighted by molar-refractivity contribution is -0.143. The second-order valence-electron chi connectivity index (χ2n) is 10.8. The number of carbonyl (C=O) groups excluding carboxylic acids is 1. The van der Waals surface area contributed by atoms with Gasteiger partial charge in [-0.1, -0.05) is 42.0 Å². The standard InChI is InChI=1S/C28H34F3N3O2/c1-19-12-21(14-23(13-19)28(29,30)31)20(2)36-18-27(22-6-4-3-5-7-22)11-10-26(16-32-24-8-9-24)17-34(27)15-25(35)33-26/h3-7,12-14,20,24,32H,8-11,15-18H2,1-2H3,(H,33,35)/t20-,26+,27-/m1/s1. The third-order valence-electron chi connectivity index (χ3n) is 7.94. The van der Waals surface area contributed by atoms with Crippen molar-refractivity contribution in [2.24, 2.45) is 0 Å². The Morgan fingerprint density at radius 1 is 1.17 bits per heavy atom. The highest BCUT2D eigenvalue weighted by atomic mass is 19.4. The molecule has 5 rings (SSSR count). The molecule has 36 heavy (non-hydrogen) atoms. The Morgan fingerprint density at radius 2 is 1.92 bits per heavy atom. The van der Waals surface area contributed by atoms with E-state index in [1.807, 2.05) is 18.2 Å². The maximum Gasteiger partial charge on any atom is 0.416 e. The molecule has 3 fully saturated rings. The van der Waals surface area contributed by atoms with Gasteiger partial charge in [-0.25, -0.2) is 0 Å². The average molecular weight is 502 g/mol. The van der Waals surface area contributed by atoms with Crippen LogP contribution in [0, 0.1) is 6.92 Å². The summed E-state index contributed by atoms with van der Waals surface area (Å²) < 4.78 is 46.6. The Morgan fingerprint density at radius 3 is 2.61 bits per heavy atom. The highest BCUT2D eigenvalue weighted by Gasteiger charge is 2.53. The molecule has 1 saturated carbocycles. The van der Waals surface area contributed by atoms with Crippen LogP contribution in [-0.2, 0) is 21.2 Å². The van der Waals surface area contributed by atoms with Crippen molar-refractivity contribution in [3.05, 3.63) is 70.8 Å². The summed E-state index contributed by atoms with van der Waals surface area (Å²) in [5.74, 6) is 0.000375. The number of alkyl halides is 3. The maximum atomic E-state index is 13.4. The van der Waals surface area contributed by atoms with E-state index in [1.54, 1.807) is 19.9 Å². The van der Waals surface area contributed by atoms with Crippen molar-refractivity contribution in [1.29, 1.82) is 0 Å². The van der Waals surface area contributed by atoms with Crippen molar-refractivity contribution < 1.29 is 22.7 Å². The number of piperazine rings is 1. The van der Waals surface area contributed by atoms with E-state index in [-0.39, 0.29) is 24.6 Å². The minimum absolute atomic E-state index is 0.000375. The number of ether oxygens (including phenoxy) is 1. The summed E-state index contributed by atoms with van der Waals surface area (Å²) in [6.07, 6.45) is -1.00. The van der Waals surface area contributed by atoms with Crippen LogP contribution < -0.4 is 10.6 Å². The Balaban J connectivity index is 1.40. The number of nitrogens with one attached hydrogen (secondary N) is 2. The number of halogens is 3. The Bertz CT molecular complexity index is 1100. The van der Waals surface area contributed by atoms with E-state index in [9.17, 15) is 18.0 Å². The monoisotopic (exact) mass is 501 g/mol. The summed E-state index contributed by atoms with van der Waals surface area (Å²) in [5.41, 5.74) is 0.597. The van der Waals surface area contributed by atoms with Gasteiger partial charge in [0.15, 0.2) is 0 Å². The minimum atomic E-state index is -4.41. The first-order chi connectivity index (χ1) is 17.1. The maximum absolute atomic E-state index is 13.4. The van der Waals surface area contributed by atoms with E-state index in [1.165, 1.54) is 18.9 Å². The van der Waals surface area contributed by atoms with E-state index in [0.717, 1.165) is 31.0 Å².